The molecule has 4 nitrogen and oxygen atoms in total. The number of aryl methyl sites for hydroxylation is 1. The molecule has 1 aromatic carbocycles. The van der Waals surface area contributed by atoms with Gasteiger partial charge in [0.1, 0.15) is 11.9 Å². The zero-order valence-electron chi connectivity index (χ0n) is 10.3. The van der Waals surface area contributed by atoms with Gasteiger partial charge in [0.2, 0.25) is 0 Å². The van der Waals surface area contributed by atoms with Crippen molar-refractivity contribution in [3.05, 3.63) is 34.9 Å². The molecule has 0 bridgehead atoms. The number of hydrogen-bond donors (Lipinski definition) is 3. The lowest BCUT2D eigenvalue weighted by Crippen LogP contribution is -2.22. The first kappa shape index (κ1) is 13.2. The highest BCUT2D eigenvalue weighted by Gasteiger charge is 2.21. The lowest BCUT2D eigenvalue weighted by molar-refractivity contribution is -0.118. The van der Waals surface area contributed by atoms with E-state index in [1.807, 2.05) is 12.1 Å². The molecule has 1 aliphatic carbocycles. The van der Waals surface area contributed by atoms with Gasteiger partial charge >= 0.3 is 0 Å². The smallest absolute Gasteiger partial charge is 0.137 e. The Morgan fingerprint density at radius 2 is 2.00 bits per heavy atom. The molecule has 0 spiro atoms. The second kappa shape index (κ2) is 5.61. The summed E-state index contributed by atoms with van der Waals surface area (Å²) in [6.45, 7) is 0.345. The average molecular weight is 249 g/mol. The number of aliphatic hydroxyl groups excluding tert-OH is 2. The van der Waals surface area contributed by atoms with Gasteiger partial charge in [-0.15, -0.1) is 0 Å². The third-order valence-corrected chi connectivity index (χ3v) is 3.46. The van der Waals surface area contributed by atoms with Crippen molar-refractivity contribution in [3.8, 4) is 0 Å². The Hall–Kier alpha value is -1.23. The van der Waals surface area contributed by atoms with Crippen molar-refractivity contribution in [3.63, 3.8) is 0 Å². The third-order valence-electron chi connectivity index (χ3n) is 3.46. The van der Waals surface area contributed by atoms with Crippen LogP contribution in [0.25, 0.3) is 0 Å². The van der Waals surface area contributed by atoms with E-state index in [4.69, 9.17) is 5.73 Å². The van der Waals surface area contributed by atoms with E-state index in [-0.39, 0.29) is 5.78 Å². The minimum atomic E-state index is -0.906. The van der Waals surface area contributed by atoms with Crippen LogP contribution in [0, 0.1) is 0 Å². The van der Waals surface area contributed by atoms with Gasteiger partial charge in [0.05, 0.1) is 6.10 Å². The molecule has 4 heteroatoms. The van der Waals surface area contributed by atoms with Crippen LogP contribution in [0.3, 0.4) is 0 Å². The summed E-state index contributed by atoms with van der Waals surface area (Å²) < 4.78 is 0. The summed E-state index contributed by atoms with van der Waals surface area (Å²) in [6.07, 6.45) is 0.405. The second-order valence-corrected chi connectivity index (χ2v) is 4.83. The Balaban J connectivity index is 2.18. The molecule has 0 aromatic heterocycles. The average Bonchev–Trinajstić information content (AvgIpc) is 2.37. The van der Waals surface area contributed by atoms with Crippen molar-refractivity contribution in [2.45, 2.75) is 37.9 Å². The van der Waals surface area contributed by atoms with Crippen molar-refractivity contribution in [2.24, 2.45) is 5.73 Å². The van der Waals surface area contributed by atoms with Crippen LogP contribution in [-0.2, 0) is 17.6 Å². The first-order valence-corrected chi connectivity index (χ1v) is 6.31. The maximum atomic E-state index is 11.3. The van der Waals surface area contributed by atoms with Gasteiger partial charge in [0, 0.05) is 12.8 Å². The molecule has 0 fully saturated rings. The first-order chi connectivity index (χ1) is 8.61. The Labute approximate surface area is 106 Å². The molecular formula is C14H19NO3. The Morgan fingerprint density at radius 1 is 1.22 bits per heavy atom. The zero-order chi connectivity index (χ0) is 13.1. The predicted octanol–water partition coefficient (Wildman–Crippen LogP) is 0.488. The van der Waals surface area contributed by atoms with Crippen LogP contribution in [0.4, 0.5) is 0 Å². The maximum absolute atomic E-state index is 11.3. The van der Waals surface area contributed by atoms with Gasteiger partial charge in [0.25, 0.3) is 0 Å². The summed E-state index contributed by atoms with van der Waals surface area (Å²) in [6, 6.07) is 5.55. The highest BCUT2D eigenvalue weighted by Crippen LogP contribution is 2.25. The van der Waals surface area contributed by atoms with Crippen LogP contribution >= 0.6 is 0 Å². The minimum Gasteiger partial charge on any atom is -0.390 e. The summed E-state index contributed by atoms with van der Waals surface area (Å²) in [7, 11) is 0. The quantitative estimate of drug-likeness (QED) is 0.725. The summed E-state index contributed by atoms with van der Waals surface area (Å²) in [4.78, 5) is 11.3. The fourth-order valence-electron chi connectivity index (χ4n) is 2.36. The summed E-state index contributed by atoms with van der Waals surface area (Å²) in [5.41, 5.74) is 8.20. The molecule has 0 amide bonds. The molecule has 4 N–H and O–H groups in total. The first-order valence-electron chi connectivity index (χ1n) is 6.31. The number of rotatable bonds is 4. The summed E-state index contributed by atoms with van der Waals surface area (Å²) in [5, 5.41) is 19.7. The van der Waals surface area contributed by atoms with E-state index in [2.05, 4.69) is 0 Å². The van der Waals surface area contributed by atoms with Crippen LogP contribution in [0.5, 0.6) is 0 Å². The van der Waals surface area contributed by atoms with Gasteiger partial charge in [-0.25, -0.2) is 0 Å². The van der Waals surface area contributed by atoms with Crippen LogP contribution in [-0.4, -0.2) is 28.6 Å². The molecule has 0 saturated carbocycles. The fourth-order valence-corrected chi connectivity index (χ4v) is 2.36. The number of carbonyl (C=O) groups excluding carboxylic acids is 1. The zero-order valence-corrected chi connectivity index (χ0v) is 10.3. The Bertz CT molecular complexity index is 445. The summed E-state index contributed by atoms with van der Waals surface area (Å²) in [5.74, 6) is 0.263. The van der Waals surface area contributed by atoms with Gasteiger partial charge in [-0.3, -0.25) is 4.79 Å². The normalized spacial score (nSPS) is 18.3. The van der Waals surface area contributed by atoms with E-state index in [9.17, 15) is 15.0 Å². The molecule has 0 heterocycles. The maximum Gasteiger partial charge on any atom is 0.137 e. The number of carbonyl (C=O) groups is 1. The second-order valence-electron chi connectivity index (χ2n) is 4.83. The fraction of sp³-hybridized carbons (Fsp3) is 0.500. The van der Waals surface area contributed by atoms with Crippen LogP contribution < -0.4 is 5.73 Å². The molecule has 2 rings (SSSR count). The number of aliphatic hydroxyl groups is 2. The number of Topliss-reactive ketones (excluding diaryl/α,β-unsaturated/α-hetero) is 1. The number of fused-ring (bicyclic) bond motifs is 1. The molecule has 0 saturated heterocycles. The molecule has 0 aliphatic heterocycles. The van der Waals surface area contributed by atoms with Crippen LogP contribution in [0.15, 0.2) is 18.2 Å². The molecule has 2 atom stereocenters. The number of ketones is 1. The molecule has 0 radical (unpaired) electrons. The molecule has 2 unspecified atom stereocenters. The highest BCUT2D eigenvalue weighted by molar-refractivity contribution is 5.83. The number of nitrogens with two attached hydrogens (primary N) is 1. The minimum absolute atomic E-state index is 0.263. The lowest BCUT2D eigenvalue weighted by Gasteiger charge is -2.21. The van der Waals surface area contributed by atoms with Crippen molar-refractivity contribution >= 4 is 5.78 Å². The van der Waals surface area contributed by atoms with E-state index in [1.54, 1.807) is 6.07 Å². The number of benzene rings is 1. The monoisotopic (exact) mass is 249 g/mol. The molecular weight excluding hydrogens is 230 g/mol. The topological polar surface area (TPSA) is 83.6 Å². The molecule has 1 aromatic rings. The van der Waals surface area contributed by atoms with E-state index in [1.165, 1.54) is 0 Å². The molecule has 18 heavy (non-hydrogen) atoms. The van der Waals surface area contributed by atoms with Gasteiger partial charge in [0.15, 0.2) is 0 Å². The largest absolute Gasteiger partial charge is 0.390 e. The Kier molecular flexibility index (Phi) is 4.11. The summed E-state index contributed by atoms with van der Waals surface area (Å²) >= 11 is 0. The third kappa shape index (κ3) is 2.77. The predicted molar refractivity (Wildman–Crippen MR) is 68.1 cm³/mol. The van der Waals surface area contributed by atoms with Crippen molar-refractivity contribution in [2.75, 3.05) is 6.54 Å². The molecule has 98 valence electrons. The van der Waals surface area contributed by atoms with E-state index >= 15 is 0 Å². The van der Waals surface area contributed by atoms with Crippen LogP contribution in [0.1, 0.15) is 35.6 Å². The SMILES string of the molecule is NCCC(O)C(O)c1ccc2c(c1)CCC(=O)C2. The van der Waals surface area contributed by atoms with Crippen molar-refractivity contribution in [1.29, 1.82) is 0 Å². The molecule has 1 aliphatic rings. The van der Waals surface area contributed by atoms with Crippen molar-refractivity contribution in [1.82, 2.24) is 0 Å². The van der Waals surface area contributed by atoms with Gasteiger partial charge in [-0.05, 0) is 36.1 Å². The van der Waals surface area contributed by atoms with E-state index in [0.717, 1.165) is 17.5 Å². The lowest BCUT2D eigenvalue weighted by atomic mass is 9.88. The van der Waals surface area contributed by atoms with E-state index < -0.39 is 12.2 Å². The Morgan fingerprint density at radius 3 is 2.72 bits per heavy atom. The van der Waals surface area contributed by atoms with Gasteiger partial charge in [-0.2, -0.15) is 0 Å². The number of hydrogen-bond acceptors (Lipinski definition) is 4. The van der Waals surface area contributed by atoms with E-state index in [0.29, 0.717) is 31.4 Å². The van der Waals surface area contributed by atoms with Crippen molar-refractivity contribution < 1.29 is 15.0 Å². The highest BCUT2D eigenvalue weighted by atomic mass is 16.3. The standard InChI is InChI=1S/C14H19NO3/c15-6-5-13(17)14(18)11-2-1-10-8-12(16)4-3-9(10)7-11/h1-2,7,13-14,17-18H,3-6,8,15H2. The van der Waals surface area contributed by atoms with Gasteiger partial charge in [-0.1, -0.05) is 18.2 Å². The van der Waals surface area contributed by atoms with Gasteiger partial charge < -0.3 is 15.9 Å². The van der Waals surface area contributed by atoms with Crippen LogP contribution in [0.2, 0.25) is 0 Å².